The van der Waals surface area contributed by atoms with E-state index < -0.39 is 6.10 Å². The molecule has 0 spiro atoms. The minimum absolute atomic E-state index is 0.0911. The summed E-state index contributed by atoms with van der Waals surface area (Å²) in [4.78, 5) is 0. The number of aliphatic hydroxyl groups is 1. The van der Waals surface area contributed by atoms with Crippen molar-refractivity contribution in [3.8, 4) is 0 Å². The summed E-state index contributed by atoms with van der Waals surface area (Å²) >= 11 is 0. The van der Waals surface area contributed by atoms with Crippen LogP contribution in [0.4, 0.5) is 0 Å². The fourth-order valence-electron chi connectivity index (χ4n) is 3.16. The summed E-state index contributed by atoms with van der Waals surface area (Å²) in [6.07, 6.45) is 7.34. The van der Waals surface area contributed by atoms with Gasteiger partial charge in [-0.25, -0.2) is 0 Å². The molecule has 0 aliphatic rings. The van der Waals surface area contributed by atoms with Gasteiger partial charge in [0.15, 0.2) is 0 Å². The fourth-order valence-corrected chi connectivity index (χ4v) is 3.16. The first-order chi connectivity index (χ1) is 12.7. The van der Waals surface area contributed by atoms with Crippen LogP contribution < -0.4 is 0 Å². The topological polar surface area (TPSA) is 20.2 Å². The summed E-state index contributed by atoms with van der Waals surface area (Å²) in [7, 11) is 0. The fraction of sp³-hybridized carbons (Fsp3) is 0.400. The van der Waals surface area contributed by atoms with Crippen molar-refractivity contribution in [3.05, 3.63) is 88.7 Å². The van der Waals surface area contributed by atoms with Gasteiger partial charge < -0.3 is 5.11 Å². The lowest BCUT2D eigenvalue weighted by Gasteiger charge is -2.20. The van der Waals surface area contributed by atoms with Gasteiger partial charge in [-0.2, -0.15) is 0 Å². The lowest BCUT2D eigenvalue weighted by Crippen LogP contribution is -2.08. The SMILES string of the molecule is CCCCCC(=C=C[C@@H](c1ccccc1)[C@@H](O)c1ccc(C)cc1)CC. The van der Waals surface area contributed by atoms with Crippen LogP contribution in [0, 0.1) is 6.92 Å². The van der Waals surface area contributed by atoms with Crippen LogP contribution in [0.25, 0.3) is 0 Å². The molecular weight excluding hydrogens is 316 g/mol. The second-order valence-corrected chi connectivity index (χ2v) is 7.02. The van der Waals surface area contributed by atoms with Crippen molar-refractivity contribution in [1.29, 1.82) is 0 Å². The van der Waals surface area contributed by atoms with Crippen LogP contribution in [0.2, 0.25) is 0 Å². The highest BCUT2D eigenvalue weighted by Crippen LogP contribution is 2.32. The predicted molar refractivity (Wildman–Crippen MR) is 111 cm³/mol. The molecule has 1 nitrogen and oxygen atoms in total. The monoisotopic (exact) mass is 348 g/mol. The van der Waals surface area contributed by atoms with Gasteiger partial charge in [0.2, 0.25) is 0 Å². The van der Waals surface area contributed by atoms with Crippen molar-refractivity contribution in [2.75, 3.05) is 0 Å². The molecular formula is C25H32O. The van der Waals surface area contributed by atoms with Gasteiger partial charge in [-0.1, -0.05) is 86.8 Å². The van der Waals surface area contributed by atoms with E-state index in [4.69, 9.17) is 0 Å². The van der Waals surface area contributed by atoms with Crippen molar-refractivity contribution in [2.24, 2.45) is 0 Å². The van der Waals surface area contributed by atoms with E-state index in [1.54, 1.807) is 0 Å². The zero-order chi connectivity index (χ0) is 18.8. The Morgan fingerprint density at radius 2 is 1.65 bits per heavy atom. The van der Waals surface area contributed by atoms with Gasteiger partial charge in [0.25, 0.3) is 0 Å². The zero-order valence-electron chi connectivity index (χ0n) is 16.4. The van der Waals surface area contributed by atoms with Gasteiger partial charge >= 0.3 is 0 Å². The van der Waals surface area contributed by atoms with Crippen molar-refractivity contribution in [2.45, 2.75) is 64.9 Å². The first-order valence-corrected chi connectivity index (χ1v) is 9.89. The Morgan fingerprint density at radius 1 is 0.962 bits per heavy atom. The van der Waals surface area contributed by atoms with E-state index in [1.165, 1.54) is 30.4 Å². The Bertz CT molecular complexity index is 706. The van der Waals surface area contributed by atoms with E-state index in [9.17, 15) is 5.11 Å². The molecule has 0 heterocycles. The quantitative estimate of drug-likeness (QED) is 0.386. The van der Waals surface area contributed by atoms with Gasteiger partial charge in [-0.15, -0.1) is 5.73 Å². The third-order valence-electron chi connectivity index (χ3n) is 4.92. The van der Waals surface area contributed by atoms with Crippen molar-refractivity contribution in [3.63, 3.8) is 0 Å². The Hall–Kier alpha value is -2.08. The molecule has 138 valence electrons. The van der Waals surface area contributed by atoms with Crippen LogP contribution in [0.15, 0.2) is 72.0 Å². The standard InChI is InChI=1S/C25H32O/c1-4-6-8-11-21(5-2)16-19-24(22-12-9-7-10-13-22)25(26)23-17-14-20(3)15-18-23/h7,9-10,12-15,17-19,24-26H,4-6,8,11H2,1-3H3/t16?,24-,25-/m0/s1. The molecule has 2 atom stereocenters. The molecule has 26 heavy (non-hydrogen) atoms. The lowest BCUT2D eigenvalue weighted by atomic mass is 9.88. The largest absolute Gasteiger partial charge is 0.387 e. The smallest absolute Gasteiger partial charge is 0.0899 e. The molecule has 0 amide bonds. The first-order valence-electron chi connectivity index (χ1n) is 9.89. The van der Waals surface area contributed by atoms with Gasteiger partial charge in [0, 0.05) is 5.92 Å². The third-order valence-corrected chi connectivity index (χ3v) is 4.92. The second kappa shape index (κ2) is 10.8. The molecule has 2 rings (SSSR count). The third kappa shape index (κ3) is 6.02. The molecule has 0 bridgehead atoms. The highest BCUT2D eigenvalue weighted by atomic mass is 16.3. The molecule has 0 fully saturated rings. The van der Waals surface area contributed by atoms with Gasteiger partial charge in [-0.3, -0.25) is 0 Å². The summed E-state index contributed by atoms with van der Waals surface area (Å²) in [6, 6.07) is 18.4. The van der Waals surface area contributed by atoms with Crippen LogP contribution in [0.1, 0.15) is 74.7 Å². The highest BCUT2D eigenvalue weighted by Gasteiger charge is 2.20. The number of benzene rings is 2. The maximum Gasteiger partial charge on any atom is 0.0899 e. The van der Waals surface area contributed by atoms with Gasteiger partial charge in [0.1, 0.15) is 0 Å². The number of hydrogen-bond donors (Lipinski definition) is 1. The normalized spacial score (nSPS) is 12.9. The van der Waals surface area contributed by atoms with E-state index in [0.717, 1.165) is 24.0 Å². The van der Waals surface area contributed by atoms with Crippen LogP contribution in [0.3, 0.4) is 0 Å². The summed E-state index contributed by atoms with van der Waals surface area (Å²) in [5, 5.41) is 11.0. The van der Waals surface area contributed by atoms with Crippen LogP contribution in [0.5, 0.6) is 0 Å². The van der Waals surface area contributed by atoms with Gasteiger partial charge in [-0.05, 0) is 49.0 Å². The molecule has 1 heteroatoms. The number of aryl methyl sites for hydroxylation is 1. The van der Waals surface area contributed by atoms with Crippen molar-refractivity contribution >= 4 is 0 Å². The summed E-state index contributed by atoms with van der Waals surface area (Å²) in [5.74, 6) is -0.0911. The Balaban J connectivity index is 2.32. The summed E-state index contributed by atoms with van der Waals surface area (Å²) in [6.45, 7) is 6.49. The van der Waals surface area contributed by atoms with Crippen LogP contribution in [-0.2, 0) is 0 Å². The molecule has 0 saturated heterocycles. The predicted octanol–water partition coefficient (Wildman–Crippen LogP) is 6.88. The minimum atomic E-state index is -0.570. The number of aliphatic hydroxyl groups excluding tert-OH is 1. The minimum Gasteiger partial charge on any atom is -0.387 e. The average Bonchev–Trinajstić information content (AvgIpc) is 2.68. The highest BCUT2D eigenvalue weighted by molar-refractivity contribution is 5.32. The molecule has 0 unspecified atom stereocenters. The molecule has 2 aromatic carbocycles. The molecule has 2 aromatic rings. The van der Waals surface area contributed by atoms with E-state index in [0.29, 0.717) is 0 Å². The Labute approximate surface area is 159 Å². The van der Waals surface area contributed by atoms with Crippen LogP contribution in [-0.4, -0.2) is 5.11 Å². The first kappa shape index (κ1) is 20.2. The van der Waals surface area contributed by atoms with Crippen molar-refractivity contribution < 1.29 is 5.11 Å². The molecule has 1 N–H and O–H groups in total. The van der Waals surface area contributed by atoms with E-state index in [2.05, 4.69) is 56.8 Å². The number of unbranched alkanes of at least 4 members (excludes halogenated alkanes) is 2. The molecule has 0 aliphatic heterocycles. The summed E-state index contributed by atoms with van der Waals surface area (Å²) in [5.41, 5.74) is 8.14. The second-order valence-electron chi connectivity index (χ2n) is 7.02. The lowest BCUT2D eigenvalue weighted by molar-refractivity contribution is 0.162. The zero-order valence-corrected chi connectivity index (χ0v) is 16.4. The summed E-state index contributed by atoms with van der Waals surface area (Å²) < 4.78 is 0. The van der Waals surface area contributed by atoms with E-state index in [-0.39, 0.29) is 5.92 Å². The number of hydrogen-bond acceptors (Lipinski definition) is 1. The average molecular weight is 349 g/mol. The molecule has 0 aliphatic carbocycles. The molecule has 0 aromatic heterocycles. The van der Waals surface area contributed by atoms with Crippen molar-refractivity contribution in [1.82, 2.24) is 0 Å². The maximum absolute atomic E-state index is 11.0. The maximum atomic E-state index is 11.0. The van der Waals surface area contributed by atoms with Crippen LogP contribution >= 0.6 is 0 Å². The molecule has 0 radical (unpaired) electrons. The van der Waals surface area contributed by atoms with E-state index in [1.807, 2.05) is 30.3 Å². The van der Waals surface area contributed by atoms with E-state index >= 15 is 0 Å². The van der Waals surface area contributed by atoms with Gasteiger partial charge in [0.05, 0.1) is 6.10 Å². The Morgan fingerprint density at radius 3 is 2.27 bits per heavy atom. The number of rotatable bonds is 9. The Kier molecular flexibility index (Phi) is 8.41. The molecule has 0 saturated carbocycles.